The molecule has 0 aliphatic carbocycles. The Morgan fingerprint density at radius 1 is 1.25 bits per heavy atom. The molecule has 0 aliphatic rings. The van der Waals surface area contributed by atoms with E-state index in [9.17, 15) is 4.79 Å². The van der Waals surface area contributed by atoms with Crippen LogP contribution in [0.2, 0.25) is 0 Å². The third-order valence-corrected chi connectivity index (χ3v) is 3.04. The molecule has 1 aromatic carbocycles. The van der Waals surface area contributed by atoms with Crippen molar-refractivity contribution in [1.29, 1.82) is 0 Å². The number of esters is 1. The Balaban J connectivity index is 2.26. The molecule has 0 saturated heterocycles. The second-order valence-electron chi connectivity index (χ2n) is 4.62. The summed E-state index contributed by atoms with van der Waals surface area (Å²) in [4.78, 5) is 15.9. The Kier molecular flexibility index (Phi) is 4.03. The highest BCUT2D eigenvalue weighted by molar-refractivity contribution is 5.90. The first-order chi connectivity index (χ1) is 9.51. The lowest BCUT2D eigenvalue weighted by Crippen LogP contribution is -2.00. The van der Waals surface area contributed by atoms with Crippen molar-refractivity contribution in [3.63, 3.8) is 0 Å². The number of aliphatic imine (C=N–C) groups is 1. The van der Waals surface area contributed by atoms with Crippen molar-refractivity contribution in [2.75, 3.05) is 7.11 Å². The molecule has 4 nitrogen and oxygen atoms in total. The zero-order valence-corrected chi connectivity index (χ0v) is 12.1. The molecule has 2 rings (SSSR count). The second kappa shape index (κ2) is 5.74. The van der Waals surface area contributed by atoms with Gasteiger partial charge in [-0.05, 0) is 50.6 Å². The van der Waals surface area contributed by atoms with Crippen LogP contribution in [-0.4, -0.2) is 19.3 Å². The maximum atomic E-state index is 11.4. The third kappa shape index (κ3) is 2.96. The molecule has 0 radical (unpaired) electrons. The zero-order chi connectivity index (χ0) is 14.7. The first-order valence-corrected chi connectivity index (χ1v) is 6.31. The van der Waals surface area contributed by atoms with Crippen LogP contribution < -0.4 is 0 Å². The average molecular weight is 271 g/mol. The topological polar surface area (TPSA) is 51.8 Å². The van der Waals surface area contributed by atoms with Gasteiger partial charge in [0.15, 0.2) is 0 Å². The summed E-state index contributed by atoms with van der Waals surface area (Å²) in [6, 6.07) is 7.22. The number of methoxy groups -OCH3 is 1. The normalized spacial score (nSPS) is 11.0. The predicted molar refractivity (Wildman–Crippen MR) is 78.0 cm³/mol. The van der Waals surface area contributed by atoms with Gasteiger partial charge < -0.3 is 9.15 Å². The van der Waals surface area contributed by atoms with E-state index >= 15 is 0 Å². The number of ether oxygens (including phenoxy) is 1. The Labute approximate surface area is 118 Å². The van der Waals surface area contributed by atoms with Gasteiger partial charge in [0, 0.05) is 11.8 Å². The molecule has 2 aromatic rings. The molecule has 0 saturated carbocycles. The summed E-state index contributed by atoms with van der Waals surface area (Å²) in [7, 11) is 1.37. The van der Waals surface area contributed by atoms with E-state index < -0.39 is 0 Å². The summed E-state index contributed by atoms with van der Waals surface area (Å²) < 4.78 is 10.1. The van der Waals surface area contributed by atoms with E-state index in [0.717, 1.165) is 28.3 Å². The quantitative estimate of drug-likeness (QED) is 0.631. The summed E-state index contributed by atoms with van der Waals surface area (Å²) >= 11 is 0. The van der Waals surface area contributed by atoms with Crippen molar-refractivity contribution in [3.8, 4) is 0 Å². The van der Waals surface area contributed by atoms with E-state index in [4.69, 9.17) is 4.42 Å². The van der Waals surface area contributed by atoms with E-state index in [0.29, 0.717) is 5.56 Å². The molecule has 0 fully saturated rings. The van der Waals surface area contributed by atoms with Crippen LogP contribution in [0.3, 0.4) is 0 Å². The molecule has 0 atom stereocenters. The number of carbonyl (C=O) groups is 1. The molecule has 0 spiro atoms. The Bertz CT molecular complexity index is 668. The number of hydrogen-bond donors (Lipinski definition) is 0. The maximum absolute atomic E-state index is 11.4. The summed E-state index contributed by atoms with van der Waals surface area (Å²) in [5.41, 5.74) is 3.22. The zero-order valence-electron chi connectivity index (χ0n) is 12.1. The van der Waals surface area contributed by atoms with Crippen LogP contribution in [0.1, 0.15) is 33.0 Å². The molecule has 0 unspecified atom stereocenters. The van der Waals surface area contributed by atoms with Gasteiger partial charge in [0.2, 0.25) is 0 Å². The lowest BCUT2D eigenvalue weighted by molar-refractivity contribution is 0.0600. The third-order valence-electron chi connectivity index (χ3n) is 3.04. The van der Waals surface area contributed by atoms with Crippen LogP contribution in [0.5, 0.6) is 0 Å². The molecule has 1 heterocycles. The monoisotopic (exact) mass is 271 g/mol. The lowest BCUT2D eigenvalue weighted by atomic mass is 10.1. The minimum atomic E-state index is -0.343. The summed E-state index contributed by atoms with van der Waals surface area (Å²) in [6.45, 7) is 5.72. The SMILES string of the molecule is COC(=O)c1ccc(N=Cc2cc(C)oc2C)c(C)c1. The van der Waals surface area contributed by atoms with Crippen molar-refractivity contribution >= 4 is 17.9 Å². The van der Waals surface area contributed by atoms with Crippen molar-refractivity contribution in [2.24, 2.45) is 4.99 Å². The standard InChI is InChI=1S/C16H17NO3/c1-10-7-13(16(18)19-4)5-6-15(10)17-9-14-8-11(2)20-12(14)3/h5-9H,1-4H3. The van der Waals surface area contributed by atoms with Crippen molar-refractivity contribution in [3.05, 3.63) is 52.5 Å². The minimum absolute atomic E-state index is 0.343. The summed E-state index contributed by atoms with van der Waals surface area (Å²) in [5.74, 6) is 1.36. The van der Waals surface area contributed by atoms with Gasteiger partial charge in [-0.25, -0.2) is 4.79 Å². The van der Waals surface area contributed by atoms with Crippen LogP contribution >= 0.6 is 0 Å². The molecule has 104 valence electrons. The number of rotatable bonds is 3. The van der Waals surface area contributed by atoms with Gasteiger partial charge in [-0.15, -0.1) is 0 Å². The number of hydrogen-bond acceptors (Lipinski definition) is 4. The molecule has 20 heavy (non-hydrogen) atoms. The molecule has 1 aromatic heterocycles. The molecule has 4 heteroatoms. The number of aryl methyl sites for hydroxylation is 3. The van der Waals surface area contributed by atoms with Gasteiger partial charge in [-0.1, -0.05) is 0 Å². The van der Waals surface area contributed by atoms with Crippen LogP contribution in [0, 0.1) is 20.8 Å². The van der Waals surface area contributed by atoms with E-state index in [2.05, 4.69) is 9.73 Å². The van der Waals surface area contributed by atoms with Gasteiger partial charge in [0.05, 0.1) is 18.4 Å². The number of carbonyl (C=O) groups excluding carboxylic acids is 1. The fourth-order valence-corrected chi connectivity index (χ4v) is 1.96. The molecular weight excluding hydrogens is 254 g/mol. The predicted octanol–water partition coefficient (Wildman–Crippen LogP) is 3.74. The van der Waals surface area contributed by atoms with E-state index in [1.54, 1.807) is 24.4 Å². The Morgan fingerprint density at radius 3 is 2.55 bits per heavy atom. The summed E-state index contributed by atoms with van der Waals surface area (Å²) in [6.07, 6.45) is 1.77. The fraction of sp³-hybridized carbons (Fsp3) is 0.250. The van der Waals surface area contributed by atoms with Gasteiger partial charge in [-0.2, -0.15) is 0 Å². The van der Waals surface area contributed by atoms with Gasteiger partial charge in [0.25, 0.3) is 0 Å². The highest BCUT2D eigenvalue weighted by atomic mass is 16.5. The number of nitrogens with zero attached hydrogens (tertiary/aromatic N) is 1. The van der Waals surface area contributed by atoms with Crippen LogP contribution in [0.4, 0.5) is 5.69 Å². The highest BCUT2D eigenvalue weighted by Crippen LogP contribution is 2.21. The maximum Gasteiger partial charge on any atom is 0.337 e. The average Bonchev–Trinajstić information content (AvgIpc) is 2.74. The first kappa shape index (κ1) is 14.1. The van der Waals surface area contributed by atoms with E-state index in [1.807, 2.05) is 26.8 Å². The van der Waals surface area contributed by atoms with Crippen LogP contribution in [0.15, 0.2) is 33.7 Å². The largest absolute Gasteiger partial charge is 0.466 e. The lowest BCUT2D eigenvalue weighted by Gasteiger charge is -2.03. The molecule has 0 aliphatic heterocycles. The molecular formula is C16H17NO3. The van der Waals surface area contributed by atoms with Gasteiger partial charge in [-0.3, -0.25) is 4.99 Å². The number of benzene rings is 1. The Hall–Kier alpha value is -2.36. The van der Waals surface area contributed by atoms with Crippen molar-refractivity contribution in [2.45, 2.75) is 20.8 Å². The minimum Gasteiger partial charge on any atom is -0.466 e. The number of furan rings is 1. The van der Waals surface area contributed by atoms with Crippen LogP contribution in [-0.2, 0) is 4.74 Å². The van der Waals surface area contributed by atoms with Crippen molar-refractivity contribution < 1.29 is 13.9 Å². The van der Waals surface area contributed by atoms with Gasteiger partial charge in [0.1, 0.15) is 11.5 Å². The van der Waals surface area contributed by atoms with Gasteiger partial charge >= 0.3 is 5.97 Å². The van der Waals surface area contributed by atoms with E-state index in [-0.39, 0.29) is 5.97 Å². The smallest absolute Gasteiger partial charge is 0.337 e. The first-order valence-electron chi connectivity index (χ1n) is 6.31. The molecule has 0 amide bonds. The molecule has 0 N–H and O–H groups in total. The van der Waals surface area contributed by atoms with E-state index in [1.165, 1.54) is 7.11 Å². The second-order valence-corrected chi connectivity index (χ2v) is 4.62. The van der Waals surface area contributed by atoms with Crippen LogP contribution in [0.25, 0.3) is 0 Å². The fourth-order valence-electron chi connectivity index (χ4n) is 1.96. The Morgan fingerprint density at radius 2 is 2.00 bits per heavy atom. The highest BCUT2D eigenvalue weighted by Gasteiger charge is 2.07. The van der Waals surface area contributed by atoms with Crippen molar-refractivity contribution in [1.82, 2.24) is 0 Å². The molecule has 0 bridgehead atoms. The summed E-state index contributed by atoms with van der Waals surface area (Å²) in [5, 5.41) is 0.